The summed E-state index contributed by atoms with van der Waals surface area (Å²) in [7, 11) is 0. The molecule has 0 bridgehead atoms. The third-order valence-corrected chi connectivity index (χ3v) is 2.32. The van der Waals surface area contributed by atoms with Crippen LogP contribution in [0, 0.1) is 0 Å². The monoisotopic (exact) mass is 274 g/mol. The Morgan fingerprint density at radius 1 is 0.800 bits per heavy atom. The molecule has 0 atom stereocenters. The van der Waals surface area contributed by atoms with E-state index >= 15 is 0 Å². The average molecular weight is 275 g/mol. The summed E-state index contributed by atoms with van der Waals surface area (Å²) >= 11 is 3.38. The molecule has 0 heterocycles. The normalized spacial score (nSPS) is 9.13. The van der Waals surface area contributed by atoms with Crippen LogP contribution in [0.3, 0.4) is 0 Å². The van der Waals surface area contributed by atoms with Gasteiger partial charge < -0.3 is 7.59 Å². The molecule has 15 heavy (non-hydrogen) atoms. The second kappa shape index (κ2) is 6.15. The van der Waals surface area contributed by atoms with E-state index in [2.05, 4.69) is 15.9 Å². The molecule has 0 N–H and O–H groups in total. The van der Waals surface area contributed by atoms with Gasteiger partial charge in [0.1, 0.15) is 11.5 Å². The van der Waals surface area contributed by atoms with Gasteiger partial charge in [-0.05, 0) is 36.4 Å². The third kappa shape index (κ3) is 3.85. The molecule has 0 radical (unpaired) electrons. The van der Waals surface area contributed by atoms with Gasteiger partial charge in [-0.1, -0.05) is 34.1 Å². The molecule has 2 aromatic rings. The van der Waals surface area contributed by atoms with Gasteiger partial charge in [0.2, 0.25) is 0 Å². The maximum atomic E-state index is 5.61. The van der Waals surface area contributed by atoms with Crippen molar-refractivity contribution < 1.29 is 7.59 Å². The van der Waals surface area contributed by atoms with Crippen molar-refractivity contribution in [2.45, 2.75) is 0 Å². The van der Waals surface area contributed by atoms with Crippen LogP contribution < -0.4 is 4.74 Å². The van der Waals surface area contributed by atoms with Crippen molar-refractivity contribution >= 4 is 39.0 Å². The molecular weight excluding hydrogens is 264 g/mol. The fourth-order valence-corrected chi connectivity index (χ4v) is 1.39. The zero-order valence-corrected chi connectivity index (χ0v) is 11.2. The van der Waals surface area contributed by atoms with E-state index in [9.17, 15) is 0 Å². The van der Waals surface area contributed by atoms with E-state index in [0.717, 1.165) is 16.0 Å². The van der Waals surface area contributed by atoms with Gasteiger partial charge in [-0.25, -0.2) is 0 Å². The van der Waals surface area contributed by atoms with Gasteiger partial charge in [0.05, 0.1) is 0 Å². The Morgan fingerprint density at radius 3 is 1.93 bits per heavy atom. The van der Waals surface area contributed by atoms with E-state index < -0.39 is 0 Å². The minimum Gasteiger partial charge on any atom is -1.00 e. The van der Waals surface area contributed by atoms with E-state index in [-0.39, 0.29) is 25.9 Å². The van der Waals surface area contributed by atoms with Gasteiger partial charge >= 0.3 is 23.1 Å². The van der Waals surface area contributed by atoms with Gasteiger partial charge in [-0.2, -0.15) is 0 Å². The Labute approximate surface area is 117 Å². The molecule has 0 aliphatic carbocycles. The Bertz CT molecular complexity index is 409. The maximum Gasteiger partial charge on any atom is 2.00 e. The Kier molecular flexibility index (Phi) is 5.15. The first kappa shape index (κ1) is 12.6. The second-order valence-corrected chi connectivity index (χ2v) is 3.78. The predicted molar refractivity (Wildman–Crippen MR) is 68.6 cm³/mol. The largest absolute Gasteiger partial charge is 2.00 e. The van der Waals surface area contributed by atoms with Crippen molar-refractivity contribution in [1.29, 1.82) is 0 Å². The Morgan fingerprint density at radius 2 is 1.33 bits per heavy atom. The van der Waals surface area contributed by atoms with Crippen LogP contribution >= 0.6 is 15.9 Å². The van der Waals surface area contributed by atoms with E-state index in [1.54, 1.807) is 0 Å². The summed E-state index contributed by atoms with van der Waals surface area (Å²) in [5, 5.41) is 0. The molecule has 0 saturated heterocycles. The van der Waals surface area contributed by atoms with Gasteiger partial charge in [0.25, 0.3) is 0 Å². The summed E-state index contributed by atoms with van der Waals surface area (Å²) in [6.45, 7) is 0. The minimum absolute atomic E-state index is 0. The van der Waals surface area contributed by atoms with Crippen molar-refractivity contribution in [3.8, 4) is 11.5 Å². The van der Waals surface area contributed by atoms with Crippen LogP contribution in [-0.2, 0) is 0 Å². The topological polar surface area (TPSA) is 9.23 Å². The molecule has 0 aliphatic rings. The molecule has 3 heteroatoms. The van der Waals surface area contributed by atoms with Crippen LogP contribution in [0.1, 0.15) is 2.85 Å². The first-order valence-corrected chi connectivity index (χ1v) is 5.12. The average Bonchev–Trinajstić information content (AvgIpc) is 2.23. The summed E-state index contributed by atoms with van der Waals surface area (Å²) in [5.41, 5.74) is 0. The van der Waals surface area contributed by atoms with Gasteiger partial charge in [0, 0.05) is 4.47 Å². The summed E-state index contributed by atoms with van der Waals surface area (Å²) < 4.78 is 6.67. The number of hydrogen-bond donors (Lipinski definition) is 0. The zero-order valence-electron chi connectivity index (χ0n) is 10.2. The van der Waals surface area contributed by atoms with Gasteiger partial charge in [-0.3, -0.25) is 0 Å². The van der Waals surface area contributed by atoms with E-state index in [1.807, 2.05) is 54.6 Å². The first-order valence-electron chi connectivity index (χ1n) is 4.33. The number of para-hydroxylation sites is 1. The van der Waals surface area contributed by atoms with Crippen molar-refractivity contribution in [3.05, 3.63) is 59.1 Å². The van der Waals surface area contributed by atoms with Gasteiger partial charge in [0.15, 0.2) is 0 Å². The zero-order chi connectivity index (χ0) is 9.80. The molecule has 74 valence electrons. The van der Waals surface area contributed by atoms with Crippen LogP contribution in [0.2, 0.25) is 0 Å². The van der Waals surface area contributed by atoms with Crippen molar-refractivity contribution in [3.63, 3.8) is 0 Å². The molecule has 2 aromatic carbocycles. The molecule has 0 fully saturated rings. The van der Waals surface area contributed by atoms with Crippen LogP contribution in [0.25, 0.3) is 0 Å². The van der Waals surface area contributed by atoms with Crippen LogP contribution in [0.15, 0.2) is 59.1 Å². The maximum absolute atomic E-state index is 5.61. The minimum atomic E-state index is 0. The number of ether oxygens (including phenoxy) is 1. The molecule has 0 spiro atoms. The number of rotatable bonds is 2. The van der Waals surface area contributed by atoms with Crippen molar-refractivity contribution in [2.24, 2.45) is 0 Å². The third-order valence-electron chi connectivity index (χ3n) is 1.79. The molecule has 0 amide bonds. The first-order chi connectivity index (χ1) is 6.84. The van der Waals surface area contributed by atoms with E-state index in [1.165, 1.54) is 0 Å². The Balaban J connectivity index is 0. The fraction of sp³-hybridized carbons (Fsp3) is 0. The van der Waals surface area contributed by atoms with Crippen LogP contribution in [-0.4, -0.2) is 23.1 Å². The molecule has 0 aliphatic heterocycles. The van der Waals surface area contributed by atoms with Crippen molar-refractivity contribution in [2.75, 3.05) is 0 Å². The molecule has 0 aromatic heterocycles. The second-order valence-electron chi connectivity index (χ2n) is 2.87. The predicted octanol–water partition coefficient (Wildman–Crippen LogP) is 4.09. The molecule has 2 rings (SSSR count). The summed E-state index contributed by atoms with van der Waals surface area (Å²) in [5.74, 6) is 1.70. The number of benzene rings is 2. The number of hydrogen-bond acceptors (Lipinski definition) is 1. The fourth-order valence-electron chi connectivity index (χ4n) is 1.13. The standard InChI is InChI=1S/C12H9BrO.Mg.2H/c13-10-6-8-12(9-7-10)14-11-4-2-1-3-5-11;;;/h1-9H;;;/q;+2;2*-1. The van der Waals surface area contributed by atoms with Crippen LogP contribution in [0.4, 0.5) is 0 Å². The molecular formula is C12H11BrMgO. The van der Waals surface area contributed by atoms with Gasteiger partial charge in [-0.15, -0.1) is 0 Å². The molecule has 1 nitrogen and oxygen atoms in total. The molecule has 0 unspecified atom stereocenters. The SMILES string of the molecule is Brc1ccc(Oc2ccccc2)cc1.[H-].[H-].[Mg+2]. The quantitative estimate of drug-likeness (QED) is 0.750. The van der Waals surface area contributed by atoms with E-state index in [0.29, 0.717) is 0 Å². The van der Waals surface area contributed by atoms with Crippen molar-refractivity contribution in [1.82, 2.24) is 0 Å². The summed E-state index contributed by atoms with van der Waals surface area (Å²) in [6, 6.07) is 17.5. The summed E-state index contributed by atoms with van der Waals surface area (Å²) in [4.78, 5) is 0. The summed E-state index contributed by atoms with van der Waals surface area (Å²) in [6.07, 6.45) is 0. The Hall–Kier alpha value is -0.514. The van der Waals surface area contributed by atoms with Crippen LogP contribution in [0.5, 0.6) is 11.5 Å². The molecule has 0 saturated carbocycles. The smallest absolute Gasteiger partial charge is 1.00 e. The number of halogens is 1. The van der Waals surface area contributed by atoms with E-state index in [4.69, 9.17) is 4.74 Å².